The zero-order valence-electron chi connectivity index (χ0n) is 14.1. The minimum Gasteiger partial charge on any atom is -0.292 e. The number of hydrogen-bond acceptors (Lipinski definition) is 2. The molecule has 0 aliphatic carbocycles. The number of rotatable bonds is 4. The third kappa shape index (κ3) is 3.29. The molecular weight excluding hydrogens is 435 g/mol. The van der Waals surface area contributed by atoms with Gasteiger partial charge in [-0.1, -0.05) is 60.7 Å². The lowest BCUT2D eigenvalue weighted by Crippen LogP contribution is -2.24. The highest BCUT2D eigenvalue weighted by Gasteiger charge is 2.14. The van der Waals surface area contributed by atoms with Crippen molar-refractivity contribution in [3.05, 3.63) is 98.4 Å². The van der Waals surface area contributed by atoms with Gasteiger partial charge in [0.2, 0.25) is 0 Å². The van der Waals surface area contributed by atoms with Gasteiger partial charge in [-0.15, -0.1) is 0 Å². The summed E-state index contributed by atoms with van der Waals surface area (Å²) in [7, 11) is 0. The van der Waals surface area contributed by atoms with Crippen molar-refractivity contribution in [3.63, 3.8) is 0 Å². The van der Waals surface area contributed by atoms with Crippen molar-refractivity contribution >= 4 is 33.5 Å². The molecule has 0 fully saturated rings. The maximum Gasteiger partial charge on any atom is 0.261 e. The average Bonchev–Trinajstić information content (AvgIpc) is 2.68. The molecule has 1 aromatic heterocycles. The minimum atomic E-state index is 0.0150. The van der Waals surface area contributed by atoms with Crippen molar-refractivity contribution < 1.29 is 0 Å². The molecule has 0 unspecified atom stereocenters. The van der Waals surface area contributed by atoms with Crippen LogP contribution in [0.2, 0.25) is 0 Å². The number of fused-ring (bicyclic) bond motifs is 1. The van der Waals surface area contributed by atoms with E-state index in [1.807, 2.05) is 71.3 Å². The number of nitrogens with zero attached hydrogens (tertiary/aromatic N) is 2. The van der Waals surface area contributed by atoms with Gasteiger partial charge in [0.15, 0.2) is 0 Å². The molecule has 4 aromatic rings. The molecule has 3 aromatic carbocycles. The zero-order valence-corrected chi connectivity index (χ0v) is 16.3. The van der Waals surface area contributed by atoms with Crippen LogP contribution in [0.1, 0.15) is 5.56 Å². The Hall–Kier alpha value is -2.47. The number of aryl methyl sites for hydroxylation is 1. The van der Waals surface area contributed by atoms with Gasteiger partial charge in [-0.2, -0.15) is 0 Å². The number of aromatic nitrogens is 2. The molecule has 1 heterocycles. The van der Waals surface area contributed by atoms with E-state index in [9.17, 15) is 4.79 Å². The Kier molecular flexibility index (Phi) is 4.84. The summed E-state index contributed by atoms with van der Waals surface area (Å²) in [6.07, 6.45) is 0.789. The first-order valence-electron chi connectivity index (χ1n) is 8.52. The van der Waals surface area contributed by atoms with Crippen molar-refractivity contribution in [1.82, 2.24) is 9.55 Å². The second-order valence-electron chi connectivity index (χ2n) is 6.12. The number of benzene rings is 3. The number of para-hydroxylation sites is 1. The highest BCUT2D eigenvalue weighted by atomic mass is 127. The Balaban J connectivity index is 1.88. The molecule has 0 radical (unpaired) electrons. The van der Waals surface area contributed by atoms with E-state index in [-0.39, 0.29) is 5.56 Å². The van der Waals surface area contributed by atoms with E-state index >= 15 is 0 Å². The van der Waals surface area contributed by atoms with E-state index < -0.39 is 0 Å². The lowest BCUT2D eigenvalue weighted by atomic mass is 10.1. The summed E-state index contributed by atoms with van der Waals surface area (Å²) < 4.78 is 2.90. The molecule has 0 aliphatic heterocycles. The fourth-order valence-corrected chi connectivity index (χ4v) is 3.74. The van der Waals surface area contributed by atoms with Crippen molar-refractivity contribution in [2.75, 3.05) is 0 Å². The zero-order chi connectivity index (χ0) is 17.9. The fraction of sp³-hybridized carbons (Fsp3) is 0.0909. The SMILES string of the molecule is O=c1c2ccccc2nc(-c2ccccc2I)n1CCc1ccccc1. The van der Waals surface area contributed by atoms with Crippen molar-refractivity contribution in [1.29, 1.82) is 0 Å². The topological polar surface area (TPSA) is 34.9 Å². The van der Waals surface area contributed by atoms with Crippen LogP contribution < -0.4 is 5.56 Å². The first kappa shape index (κ1) is 17.0. The first-order chi connectivity index (χ1) is 12.7. The number of halogens is 1. The Morgan fingerprint density at radius 3 is 2.35 bits per heavy atom. The number of hydrogen-bond donors (Lipinski definition) is 0. The van der Waals surface area contributed by atoms with E-state index in [0.29, 0.717) is 11.9 Å². The quantitative estimate of drug-likeness (QED) is 0.413. The lowest BCUT2D eigenvalue weighted by Gasteiger charge is -2.15. The summed E-state index contributed by atoms with van der Waals surface area (Å²) >= 11 is 2.30. The Labute approximate surface area is 165 Å². The normalized spacial score (nSPS) is 11.0. The van der Waals surface area contributed by atoms with Crippen LogP contribution in [0.3, 0.4) is 0 Å². The van der Waals surface area contributed by atoms with E-state index in [4.69, 9.17) is 4.98 Å². The van der Waals surface area contributed by atoms with Crippen LogP contribution in [0.5, 0.6) is 0 Å². The predicted molar refractivity (Wildman–Crippen MR) is 114 cm³/mol. The van der Waals surface area contributed by atoms with Crippen molar-refractivity contribution in [3.8, 4) is 11.4 Å². The molecule has 0 bridgehead atoms. The molecule has 3 nitrogen and oxygen atoms in total. The minimum absolute atomic E-state index is 0.0150. The van der Waals surface area contributed by atoms with E-state index in [1.54, 1.807) is 0 Å². The summed E-state index contributed by atoms with van der Waals surface area (Å²) in [5, 5.41) is 0.662. The fourth-order valence-electron chi connectivity index (χ4n) is 3.11. The van der Waals surface area contributed by atoms with Crippen molar-refractivity contribution in [2.24, 2.45) is 0 Å². The smallest absolute Gasteiger partial charge is 0.261 e. The van der Waals surface area contributed by atoms with Gasteiger partial charge in [0.1, 0.15) is 5.82 Å². The van der Waals surface area contributed by atoms with Gasteiger partial charge in [-0.3, -0.25) is 9.36 Å². The lowest BCUT2D eigenvalue weighted by molar-refractivity contribution is 0.671. The van der Waals surface area contributed by atoms with Gasteiger partial charge < -0.3 is 0 Å². The summed E-state index contributed by atoms with van der Waals surface area (Å²) in [6, 6.07) is 25.8. The second kappa shape index (κ2) is 7.41. The Morgan fingerprint density at radius 1 is 0.846 bits per heavy atom. The van der Waals surface area contributed by atoms with Crippen LogP contribution >= 0.6 is 22.6 Å². The summed E-state index contributed by atoms with van der Waals surface area (Å²) in [5.74, 6) is 0.731. The van der Waals surface area contributed by atoms with E-state index in [1.165, 1.54) is 5.56 Å². The molecule has 128 valence electrons. The largest absolute Gasteiger partial charge is 0.292 e. The molecule has 0 amide bonds. The highest BCUT2D eigenvalue weighted by Crippen LogP contribution is 2.24. The van der Waals surface area contributed by atoms with Crippen LogP contribution in [0, 0.1) is 3.57 Å². The predicted octanol–water partition coefficient (Wildman–Crippen LogP) is 4.91. The molecule has 0 N–H and O–H groups in total. The van der Waals surface area contributed by atoms with Gasteiger partial charge in [0, 0.05) is 15.7 Å². The Bertz CT molecular complexity index is 1120. The molecule has 4 heteroatoms. The van der Waals surface area contributed by atoms with Gasteiger partial charge in [0.05, 0.1) is 10.9 Å². The summed E-state index contributed by atoms with van der Waals surface area (Å²) in [6.45, 7) is 0.598. The van der Waals surface area contributed by atoms with Gasteiger partial charge in [0.25, 0.3) is 5.56 Å². The van der Waals surface area contributed by atoms with Crippen LogP contribution in [0.25, 0.3) is 22.3 Å². The van der Waals surface area contributed by atoms with Crippen molar-refractivity contribution in [2.45, 2.75) is 13.0 Å². The van der Waals surface area contributed by atoms with Gasteiger partial charge >= 0.3 is 0 Å². The molecule has 4 rings (SSSR count). The first-order valence-corrected chi connectivity index (χ1v) is 9.60. The summed E-state index contributed by atoms with van der Waals surface area (Å²) in [5.41, 5.74) is 2.95. The molecule has 26 heavy (non-hydrogen) atoms. The summed E-state index contributed by atoms with van der Waals surface area (Å²) in [4.78, 5) is 18.0. The second-order valence-corrected chi connectivity index (χ2v) is 7.29. The highest BCUT2D eigenvalue weighted by molar-refractivity contribution is 14.1. The van der Waals surface area contributed by atoms with Gasteiger partial charge in [-0.05, 0) is 52.8 Å². The maximum absolute atomic E-state index is 13.2. The van der Waals surface area contributed by atoms with Crippen LogP contribution in [-0.4, -0.2) is 9.55 Å². The molecule has 0 aliphatic rings. The Morgan fingerprint density at radius 2 is 1.54 bits per heavy atom. The van der Waals surface area contributed by atoms with E-state index in [0.717, 1.165) is 26.9 Å². The monoisotopic (exact) mass is 452 g/mol. The molecule has 0 saturated heterocycles. The standard InChI is InChI=1S/C22H17IN2O/c23-19-12-6-4-10-17(19)21-24-20-13-7-5-11-18(20)22(26)25(21)15-14-16-8-2-1-3-9-16/h1-13H,14-15H2. The third-order valence-electron chi connectivity index (χ3n) is 4.44. The van der Waals surface area contributed by atoms with Crippen LogP contribution in [-0.2, 0) is 13.0 Å². The van der Waals surface area contributed by atoms with E-state index in [2.05, 4.69) is 34.7 Å². The average molecular weight is 452 g/mol. The maximum atomic E-state index is 13.2. The van der Waals surface area contributed by atoms with Crippen LogP contribution in [0.4, 0.5) is 0 Å². The third-order valence-corrected chi connectivity index (χ3v) is 5.38. The van der Waals surface area contributed by atoms with Gasteiger partial charge in [-0.25, -0.2) is 4.98 Å². The molecule has 0 saturated carbocycles. The molecular formula is C22H17IN2O. The molecule has 0 atom stereocenters. The molecule has 0 spiro atoms. The van der Waals surface area contributed by atoms with Crippen LogP contribution in [0.15, 0.2) is 83.7 Å².